The Kier molecular flexibility index (Phi) is 4.73. The fourth-order valence-corrected chi connectivity index (χ4v) is 2.10. The smallest absolute Gasteiger partial charge is 0.259 e. The number of benzene rings is 2. The van der Waals surface area contributed by atoms with E-state index >= 15 is 0 Å². The lowest BCUT2D eigenvalue weighted by atomic mass is 10.2. The Labute approximate surface area is 134 Å². The standard InChI is InChI=1S/C17H17N3O3/c21-17(12-18-14-4-2-1-3-5-14)20-19-11-13-6-7-15-16(10-13)23-9-8-22-15/h1-7,10-11,18H,8-9,12H2,(H,20,21). The molecule has 0 aromatic heterocycles. The minimum absolute atomic E-state index is 0.155. The molecule has 0 atom stereocenters. The number of nitrogens with one attached hydrogen (secondary N) is 2. The molecule has 2 N–H and O–H groups in total. The van der Waals surface area contributed by atoms with Crippen molar-refractivity contribution in [3.05, 3.63) is 54.1 Å². The molecule has 0 fully saturated rings. The average Bonchev–Trinajstić information content (AvgIpc) is 2.61. The number of hydrazone groups is 1. The van der Waals surface area contributed by atoms with Crippen LogP contribution in [0.25, 0.3) is 0 Å². The topological polar surface area (TPSA) is 72.0 Å². The van der Waals surface area contributed by atoms with E-state index in [1.165, 1.54) is 0 Å². The number of anilines is 1. The second-order valence-corrected chi connectivity index (χ2v) is 4.92. The molecular weight excluding hydrogens is 294 g/mol. The fourth-order valence-electron chi connectivity index (χ4n) is 2.10. The van der Waals surface area contributed by atoms with E-state index in [2.05, 4.69) is 15.8 Å². The third-order valence-corrected chi connectivity index (χ3v) is 3.20. The van der Waals surface area contributed by atoms with E-state index in [0.717, 1.165) is 17.0 Å². The number of amides is 1. The lowest BCUT2D eigenvalue weighted by molar-refractivity contribution is -0.119. The number of carbonyl (C=O) groups excluding carboxylic acids is 1. The van der Waals surface area contributed by atoms with Gasteiger partial charge in [0.15, 0.2) is 11.5 Å². The van der Waals surface area contributed by atoms with E-state index in [1.54, 1.807) is 6.21 Å². The first-order valence-electron chi connectivity index (χ1n) is 7.32. The minimum atomic E-state index is -0.220. The largest absolute Gasteiger partial charge is 0.486 e. The van der Waals surface area contributed by atoms with Gasteiger partial charge in [-0.05, 0) is 35.9 Å². The van der Waals surface area contributed by atoms with Gasteiger partial charge < -0.3 is 14.8 Å². The molecule has 23 heavy (non-hydrogen) atoms. The highest BCUT2D eigenvalue weighted by Crippen LogP contribution is 2.30. The number of hydrogen-bond acceptors (Lipinski definition) is 5. The Bertz CT molecular complexity index is 701. The molecule has 0 aliphatic carbocycles. The van der Waals surface area contributed by atoms with Gasteiger partial charge in [0.1, 0.15) is 13.2 Å². The predicted octanol–water partition coefficient (Wildman–Crippen LogP) is 2.02. The lowest BCUT2D eigenvalue weighted by Crippen LogP contribution is -2.25. The molecule has 6 nitrogen and oxygen atoms in total. The van der Waals surface area contributed by atoms with E-state index in [0.29, 0.717) is 19.0 Å². The fraction of sp³-hybridized carbons (Fsp3) is 0.176. The summed E-state index contributed by atoms with van der Waals surface area (Å²) in [4.78, 5) is 11.7. The summed E-state index contributed by atoms with van der Waals surface area (Å²) in [6, 6.07) is 15.0. The molecule has 0 radical (unpaired) electrons. The van der Waals surface area contributed by atoms with Crippen LogP contribution in [0.2, 0.25) is 0 Å². The van der Waals surface area contributed by atoms with Crippen LogP contribution in [-0.4, -0.2) is 31.9 Å². The number of para-hydroxylation sites is 1. The number of carbonyl (C=O) groups is 1. The molecule has 2 aromatic rings. The zero-order valence-electron chi connectivity index (χ0n) is 12.5. The quantitative estimate of drug-likeness (QED) is 0.654. The van der Waals surface area contributed by atoms with Crippen LogP contribution in [-0.2, 0) is 4.79 Å². The van der Waals surface area contributed by atoms with E-state index in [1.807, 2.05) is 48.5 Å². The van der Waals surface area contributed by atoms with Crippen LogP contribution in [0.1, 0.15) is 5.56 Å². The van der Waals surface area contributed by atoms with Gasteiger partial charge in [-0.3, -0.25) is 4.79 Å². The number of rotatable bonds is 5. The van der Waals surface area contributed by atoms with Gasteiger partial charge in [0, 0.05) is 5.69 Å². The summed E-state index contributed by atoms with van der Waals surface area (Å²) in [5, 5.41) is 6.95. The predicted molar refractivity (Wildman–Crippen MR) is 88.1 cm³/mol. The molecule has 1 aliphatic heterocycles. The van der Waals surface area contributed by atoms with E-state index < -0.39 is 0 Å². The van der Waals surface area contributed by atoms with Crippen LogP contribution < -0.4 is 20.2 Å². The maximum Gasteiger partial charge on any atom is 0.259 e. The molecule has 2 aromatic carbocycles. The second-order valence-electron chi connectivity index (χ2n) is 4.92. The van der Waals surface area contributed by atoms with E-state index in [4.69, 9.17) is 9.47 Å². The van der Waals surface area contributed by atoms with Crippen molar-refractivity contribution in [2.75, 3.05) is 25.1 Å². The molecule has 0 saturated heterocycles. The maximum absolute atomic E-state index is 11.7. The van der Waals surface area contributed by atoms with Crippen LogP contribution in [0.15, 0.2) is 53.6 Å². The molecule has 0 spiro atoms. The monoisotopic (exact) mass is 311 g/mol. The Morgan fingerprint density at radius 1 is 1.09 bits per heavy atom. The van der Waals surface area contributed by atoms with Gasteiger partial charge in [0.2, 0.25) is 0 Å². The molecular formula is C17H17N3O3. The SMILES string of the molecule is O=C(CNc1ccccc1)NN=Cc1ccc2c(c1)OCCO2. The van der Waals surface area contributed by atoms with Gasteiger partial charge in [-0.25, -0.2) is 5.43 Å². The van der Waals surface area contributed by atoms with Gasteiger partial charge in [-0.1, -0.05) is 18.2 Å². The summed E-state index contributed by atoms with van der Waals surface area (Å²) in [5.41, 5.74) is 4.19. The van der Waals surface area contributed by atoms with Crippen LogP contribution in [0.4, 0.5) is 5.69 Å². The highest BCUT2D eigenvalue weighted by atomic mass is 16.6. The van der Waals surface area contributed by atoms with Crippen molar-refractivity contribution < 1.29 is 14.3 Å². The maximum atomic E-state index is 11.7. The van der Waals surface area contributed by atoms with Crippen molar-refractivity contribution in [3.8, 4) is 11.5 Å². The van der Waals surface area contributed by atoms with Crippen molar-refractivity contribution in [3.63, 3.8) is 0 Å². The van der Waals surface area contributed by atoms with E-state index in [-0.39, 0.29) is 12.5 Å². The van der Waals surface area contributed by atoms with Crippen molar-refractivity contribution in [1.29, 1.82) is 0 Å². The Balaban J connectivity index is 1.49. The average molecular weight is 311 g/mol. The molecule has 1 amide bonds. The first kappa shape index (κ1) is 14.9. The van der Waals surface area contributed by atoms with Gasteiger partial charge in [-0.15, -0.1) is 0 Å². The van der Waals surface area contributed by atoms with Crippen LogP contribution in [0.5, 0.6) is 11.5 Å². The zero-order valence-corrected chi connectivity index (χ0v) is 12.5. The highest BCUT2D eigenvalue weighted by Gasteiger charge is 2.10. The summed E-state index contributed by atoms with van der Waals surface area (Å²) in [5.74, 6) is 1.20. The first-order chi connectivity index (χ1) is 11.3. The number of hydrogen-bond donors (Lipinski definition) is 2. The van der Waals surface area contributed by atoms with Gasteiger partial charge in [-0.2, -0.15) is 5.10 Å². The van der Waals surface area contributed by atoms with Gasteiger partial charge in [0.05, 0.1) is 12.8 Å². The van der Waals surface area contributed by atoms with Gasteiger partial charge in [0.25, 0.3) is 5.91 Å². The zero-order chi connectivity index (χ0) is 15.9. The van der Waals surface area contributed by atoms with Crippen molar-refractivity contribution in [2.45, 2.75) is 0 Å². The number of ether oxygens (including phenoxy) is 2. The Hall–Kier alpha value is -3.02. The lowest BCUT2D eigenvalue weighted by Gasteiger charge is -2.18. The summed E-state index contributed by atoms with van der Waals surface area (Å²) in [6.45, 7) is 1.25. The Morgan fingerprint density at radius 2 is 1.87 bits per heavy atom. The molecule has 1 aliphatic rings. The van der Waals surface area contributed by atoms with Crippen molar-refractivity contribution in [1.82, 2.24) is 5.43 Å². The summed E-state index contributed by atoms with van der Waals surface area (Å²) < 4.78 is 10.9. The third kappa shape index (κ3) is 4.23. The second kappa shape index (κ2) is 7.31. The van der Waals surface area contributed by atoms with Gasteiger partial charge >= 0.3 is 0 Å². The molecule has 118 valence electrons. The molecule has 0 saturated carbocycles. The molecule has 0 bridgehead atoms. The number of nitrogens with zero attached hydrogens (tertiary/aromatic N) is 1. The molecule has 6 heteroatoms. The summed E-state index contributed by atoms with van der Waals surface area (Å²) in [7, 11) is 0. The van der Waals surface area contributed by atoms with Crippen molar-refractivity contribution in [2.24, 2.45) is 5.10 Å². The summed E-state index contributed by atoms with van der Waals surface area (Å²) in [6.07, 6.45) is 1.57. The van der Waals surface area contributed by atoms with Crippen molar-refractivity contribution >= 4 is 17.8 Å². The Morgan fingerprint density at radius 3 is 2.70 bits per heavy atom. The normalized spacial score (nSPS) is 12.9. The first-order valence-corrected chi connectivity index (χ1v) is 7.32. The molecule has 1 heterocycles. The van der Waals surface area contributed by atoms with E-state index in [9.17, 15) is 4.79 Å². The minimum Gasteiger partial charge on any atom is -0.486 e. The third-order valence-electron chi connectivity index (χ3n) is 3.20. The van der Waals surface area contributed by atoms with Crippen LogP contribution in [0, 0.1) is 0 Å². The molecule has 3 rings (SSSR count). The summed E-state index contributed by atoms with van der Waals surface area (Å²) >= 11 is 0. The molecule has 0 unspecified atom stereocenters. The van der Waals surface area contributed by atoms with Crippen LogP contribution >= 0.6 is 0 Å². The highest BCUT2D eigenvalue weighted by molar-refractivity contribution is 5.84. The number of fused-ring (bicyclic) bond motifs is 1. The van der Waals surface area contributed by atoms with Crippen LogP contribution in [0.3, 0.4) is 0 Å².